The van der Waals surface area contributed by atoms with Crippen LogP contribution in [-0.4, -0.2) is 21.1 Å². The molecule has 1 aromatic carbocycles. The Balaban J connectivity index is 1.77. The van der Waals surface area contributed by atoms with Crippen molar-refractivity contribution in [2.75, 3.05) is 0 Å². The average Bonchev–Trinajstić information content (AvgIpc) is 3.09. The number of thiophene rings is 1. The van der Waals surface area contributed by atoms with Crippen LogP contribution in [0.5, 0.6) is 0 Å². The Labute approximate surface area is 127 Å². The predicted octanol–water partition coefficient (Wildman–Crippen LogP) is 2.86. The number of nitro groups is 1. The molecule has 2 heterocycles. The van der Waals surface area contributed by atoms with Crippen LogP contribution in [0.15, 0.2) is 28.7 Å². The normalized spacial score (nSPS) is 10.8. The van der Waals surface area contributed by atoms with Crippen molar-refractivity contribution in [3.05, 3.63) is 51.0 Å². The Hall–Kier alpha value is -2.81. The number of benzene rings is 1. The Kier molecular flexibility index (Phi) is 3.55. The van der Waals surface area contributed by atoms with E-state index in [0.717, 1.165) is 4.70 Å². The molecule has 0 amide bonds. The molecule has 3 aromatic rings. The monoisotopic (exact) mass is 319 g/mol. The number of esters is 1. The van der Waals surface area contributed by atoms with Crippen molar-refractivity contribution < 1.29 is 18.9 Å². The first kappa shape index (κ1) is 14.1. The zero-order valence-corrected chi connectivity index (χ0v) is 12.1. The van der Waals surface area contributed by atoms with Crippen molar-refractivity contribution >= 4 is 33.1 Å². The second-order valence-electron chi connectivity index (χ2n) is 4.38. The summed E-state index contributed by atoms with van der Waals surface area (Å²) in [7, 11) is 0. The van der Waals surface area contributed by atoms with Crippen LogP contribution in [0, 0.1) is 17.0 Å². The number of fused-ring (bicyclic) bond motifs is 1. The molecule has 22 heavy (non-hydrogen) atoms. The summed E-state index contributed by atoms with van der Waals surface area (Å²) in [5.41, 5.74) is -0.0217. The fraction of sp³-hybridized carbons (Fsp3) is 0.154. The largest absolute Gasteiger partial charge is 0.451 e. The summed E-state index contributed by atoms with van der Waals surface area (Å²) < 4.78 is 10.9. The van der Waals surface area contributed by atoms with E-state index < -0.39 is 10.9 Å². The number of hydrogen-bond acceptors (Lipinski definition) is 8. The van der Waals surface area contributed by atoms with E-state index in [1.165, 1.54) is 23.5 Å². The van der Waals surface area contributed by atoms with Crippen LogP contribution in [-0.2, 0) is 11.3 Å². The van der Waals surface area contributed by atoms with Crippen LogP contribution in [0.25, 0.3) is 10.1 Å². The number of ether oxygens (including phenoxy) is 1. The molecule has 0 fully saturated rings. The molecular formula is C13H9N3O5S. The number of carbonyl (C=O) groups excluding carboxylic acids is 1. The lowest BCUT2D eigenvalue weighted by Crippen LogP contribution is -2.03. The molecule has 0 spiro atoms. The molecule has 0 aliphatic carbocycles. The highest BCUT2D eigenvalue weighted by atomic mass is 32.1. The Morgan fingerprint density at radius 1 is 1.41 bits per heavy atom. The Morgan fingerprint density at radius 2 is 2.23 bits per heavy atom. The molecule has 8 nitrogen and oxygen atoms in total. The second kappa shape index (κ2) is 5.53. The molecule has 0 saturated carbocycles. The average molecular weight is 319 g/mol. The van der Waals surface area contributed by atoms with Crippen molar-refractivity contribution in [2.45, 2.75) is 13.5 Å². The number of non-ortho nitro benzene ring substituents is 1. The summed E-state index contributed by atoms with van der Waals surface area (Å²) in [5.74, 6) is 0.0579. The maximum atomic E-state index is 12.0. The van der Waals surface area contributed by atoms with Crippen LogP contribution >= 0.6 is 11.3 Å². The van der Waals surface area contributed by atoms with Crippen molar-refractivity contribution in [3.63, 3.8) is 0 Å². The first-order valence-corrected chi connectivity index (χ1v) is 6.98. The van der Waals surface area contributed by atoms with Crippen molar-refractivity contribution in [2.24, 2.45) is 0 Å². The number of aryl methyl sites for hydroxylation is 1. The first-order chi connectivity index (χ1) is 10.5. The van der Waals surface area contributed by atoms with Crippen LogP contribution in [0.1, 0.15) is 21.5 Å². The summed E-state index contributed by atoms with van der Waals surface area (Å²) in [5, 5.41) is 18.7. The second-order valence-corrected chi connectivity index (χ2v) is 5.46. The molecule has 0 N–H and O–H groups in total. The topological polar surface area (TPSA) is 108 Å². The zero-order valence-electron chi connectivity index (χ0n) is 11.3. The summed E-state index contributed by atoms with van der Waals surface area (Å²) in [4.78, 5) is 22.6. The van der Waals surface area contributed by atoms with Crippen molar-refractivity contribution in [1.29, 1.82) is 0 Å². The Morgan fingerprint density at radius 3 is 2.91 bits per heavy atom. The molecule has 2 aromatic heterocycles. The molecular weight excluding hydrogens is 310 g/mol. The van der Waals surface area contributed by atoms with E-state index in [0.29, 0.717) is 16.2 Å². The standard InChI is InChI=1S/C13H9N3O5S/c1-7-14-15-12(21-7)6-20-13(17)11-5-8-4-9(16(18)19)2-3-10(8)22-11/h2-5H,6H2,1H3. The van der Waals surface area contributed by atoms with Gasteiger partial charge in [0.1, 0.15) is 4.88 Å². The van der Waals surface area contributed by atoms with Gasteiger partial charge < -0.3 is 9.15 Å². The predicted molar refractivity (Wildman–Crippen MR) is 76.6 cm³/mol. The minimum atomic E-state index is -0.542. The van der Waals surface area contributed by atoms with E-state index in [4.69, 9.17) is 9.15 Å². The fourth-order valence-electron chi connectivity index (χ4n) is 1.84. The van der Waals surface area contributed by atoms with Gasteiger partial charge in [-0.25, -0.2) is 4.79 Å². The van der Waals surface area contributed by atoms with Gasteiger partial charge in [0.25, 0.3) is 11.6 Å². The van der Waals surface area contributed by atoms with Gasteiger partial charge in [0.05, 0.1) is 4.92 Å². The van der Waals surface area contributed by atoms with E-state index in [1.54, 1.807) is 19.1 Å². The van der Waals surface area contributed by atoms with Gasteiger partial charge in [-0.05, 0) is 12.1 Å². The molecule has 0 saturated heterocycles. The number of aromatic nitrogens is 2. The lowest BCUT2D eigenvalue weighted by atomic mass is 10.2. The summed E-state index contributed by atoms with van der Waals surface area (Å²) >= 11 is 1.20. The van der Waals surface area contributed by atoms with Gasteiger partial charge in [-0.2, -0.15) is 0 Å². The number of nitrogens with zero attached hydrogens (tertiary/aromatic N) is 3. The lowest BCUT2D eigenvalue weighted by Gasteiger charge is -1.98. The third-order valence-electron chi connectivity index (χ3n) is 2.81. The van der Waals surface area contributed by atoms with Gasteiger partial charge >= 0.3 is 5.97 Å². The van der Waals surface area contributed by atoms with Gasteiger partial charge in [0.2, 0.25) is 5.89 Å². The molecule has 112 valence electrons. The van der Waals surface area contributed by atoms with E-state index in [1.807, 2.05) is 0 Å². The Bertz CT molecular complexity index is 870. The van der Waals surface area contributed by atoms with Gasteiger partial charge in [-0.3, -0.25) is 10.1 Å². The number of hydrogen-bond donors (Lipinski definition) is 0. The minimum absolute atomic E-state index is 0.0217. The molecule has 0 radical (unpaired) electrons. The number of carbonyl (C=O) groups is 1. The lowest BCUT2D eigenvalue weighted by molar-refractivity contribution is -0.384. The molecule has 0 unspecified atom stereocenters. The van der Waals surface area contributed by atoms with Gasteiger partial charge in [-0.15, -0.1) is 21.5 Å². The quantitative estimate of drug-likeness (QED) is 0.413. The SMILES string of the molecule is Cc1nnc(COC(=O)c2cc3cc([N+](=O)[O-])ccc3s2)o1. The van der Waals surface area contributed by atoms with Crippen molar-refractivity contribution in [3.8, 4) is 0 Å². The smallest absolute Gasteiger partial charge is 0.348 e. The number of nitro benzene ring substituents is 1. The molecule has 0 aliphatic rings. The van der Waals surface area contributed by atoms with Crippen LogP contribution in [0.2, 0.25) is 0 Å². The van der Waals surface area contributed by atoms with E-state index in [9.17, 15) is 14.9 Å². The molecule has 3 rings (SSSR count). The highest BCUT2D eigenvalue weighted by molar-refractivity contribution is 7.20. The summed E-state index contributed by atoms with van der Waals surface area (Å²) in [6.07, 6.45) is 0. The third-order valence-corrected chi connectivity index (χ3v) is 3.90. The van der Waals surface area contributed by atoms with Gasteiger partial charge in [0.15, 0.2) is 6.61 Å². The third kappa shape index (κ3) is 2.79. The van der Waals surface area contributed by atoms with Crippen molar-refractivity contribution in [1.82, 2.24) is 10.2 Å². The molecule has 0 bridgehead atoms. The first-order valence-electron chi connectivity index (χ1n) is 6.17. The highest BCUT2D eigenvalue weighted by Gasteiger charge is 2.15. The van der Waals surface area contributed by atoms with E-state index in [-0.39, 0.29) is 18.2 Å². The highest BCUT2D eigenvalue weighted by Crippen LogP contribution is 2.29. The van der Waals surface area contributed by atoms with Gasteiger partial charge in [-0.1, -0.05) is 0 Å². The molecule has 0 atom stereocenters. The maximum absolute atomic E-state index is 12.0. The van der Waals surface area contributed by atoms with E-state index >= 15 is 0 Å². The number of rotatable bonds is 4. The fourth-order valence-corrected chi connectivity index (χ4v) is 2.78. The summed E-state index contributed by atoms with van der Waals surface area (Å²) in [6.45, 7) is 1.52. The van der Waals surface area contributed by atoms with Crippen LogP contribution in [0.3, 0.4) is 0 Å². The summed E-state index contributed by atoms with van der Waals surface area (Å²) in [6, 6.07) is 5.99. The van der Waals surface area contributed by atoms with E-state index in [2.05, 4.69) is 10.2 Å². The van der Waals surface area contributed by atoms with Crippen LogP contribution < -0.4 is 0 Å². The zero-order chi connectivity index (χ0) is 15.7. The molecule has 9 heteroatoms. The van der Waals surface area contributed by atoms with Gasteiger partial charge in [0, 0.05) is 29.1 Å². The maximum Gasteiger partial charge on any atom is 0.348 e. The molecule has 0 aliphatic heterocycles. The minimum Gasteiger partial charge on any atom is -0.451 e. The van der Waals surface area contributed by atoms with Crippen LogP contribution in [0.4, 0.5) is 5.69 Å².